The van der Waals surface area contributed by atoms with Gasteiger partial charge in [-0.15, -0.1) is 0 Å². The molecule has 5 rings (SSSR count). The lowest BCUT2D eigenvalue weighted by molar-refractivity contribution is -0.122. The molecule has 0 aliphatic heterocycles. The SMILES string of the molecule is CC(C)Cc1nc2oc3c(=O)n(CC(=O)NCc4ccco4)cnc3c2c2c1CCC2. The van der Waals surface area contributed by atoms with Gasteiger partial charge in [0.15, 0.2) is 0 Å². The van der Waals surface area contributed by atoms with Crippen molar-refractivity contribution < 1.29 is 13.6 Å². The molecule has 0 saturated heterocycles. The fraction of sp³-hybridized carbons (Fsp3) is 0.391. The van der Waals surface area contributed by atoms with Crippen molar-refractivity contribution in [2.45, 2.75) is 52.6 Å². The van der Waals surface area contributed by atoms with Crippen LogP contribution in [0.3, 0.4) is 0 Å². The summed E-state index contributed by atoms with van der Waals surface area (Å²) in [4.78, 5) is 34.6. The maximum absolute atomic E-state index is 13.0. The van der Waals surface area contributed by atoms with Gasteiger partial charge in [0, 0.05) is 5.69 Å². The third kappa shape index (κ3) is 3.52. The number of fused-ring (bicyclic) bond motifs is 5. The Morgan fingerprint density at radius 1 is 1.29 bits per heavy atom. The lowest BCUT2D eigenvalue weighted by atomic mass is 9.99. The molecule has 0 fully saturated rings. The second kappa shape index (κ2) is 7.68. The van der Waals surface area contributed by atoms with Crippen LogP contribution in [-0.4, -0.2) is 20.4 Å². The Kier molecular flexibility index (Phi) is 4.84. The van der Waals surface area contributed by atoms with E-state index in [0.29, 0.717) is 22.9 Å². The van der Waals surface area contributed by atoms with E-state index in [1.54, 1.807) is 18.4 Å². The van der Waals surface area contributed by atoms with Crippen LogP contribution in [-0.2, 0) is 37.1 Å². The number of pyridine rings is 1. The maximum atomic E-state index is 13.0. The summed E-state index contributed by atoms with van der Waals surface area (Å²) in [5.74, 6) is 0.812. The molecular weight excluding hydrogens is 396 g/mol. The number of carbonyl (C=O) groups excluding carboxylic acids is 1. The zero-order valence-corrected chi connectivity index (χ0v) is 17.6. The lowest BCUT2D eigenvalue weighted by Gasteiger charge is -2.10. The number of nitrogens with one attached hydrogen (secondary N) is 1. The second-order valence-electron chi connectivity index (χ2n) is 8.46. The molecule has 0 aromatic carbocycles. The molecule has 4 aromatic heterocycles. The first kappa shape index (κ1) is 19.5. The number of hydrogen-bond donors (Lipinski definition) is 1. The summed E-state index contributed by atoms with van der Waals surface area (Å²) >= 11 is 0. The number of hydrogen-bond acceptors (Lipinski definition) is 6. The molecule has 0 spiro atoms. The Morgan fingerprint density at radius 2 is 2.13 bits per heavy atom. The van der Waals surface area contributed by atoms with Gasteiger partial charge in [-0.05, 0) is 54.9 Å². The highest BCUT2D eigenvalue weighted by molar-refractivity contribution is 6.03. The maximum Gasteiger partial charge on any atom is 0.297 e. The molecule has 1 aliphatic rings. The van der Waals surface area contributed by atoms with Crippen molar-refractivity contribution in [2.75, 3.05) is 0 Å². The average molecular weight is 420 g/mol. The fourth-order valence-electron chi connectivity index (χ4n) is 4.35. The number of aromatic nitrogens is 3. The van der Waals surface area contributed by atoms with E-state index in [9.17, 15) is 9.59 Å². The molecule has 8 nitrogen and oxygen atoms in total. The van der Waals surface area contributed by atoms with Gasteiger partial charge < -0.3 is 14.2 Å². The summed E-state index contributed by atoms with van der Waals surface area (Å²) < 4.78 is 12.4. The van der Waals surface area contributed by atoms with Crippen LogP contribution in [0.1, 0.15) is 42.8 Å². The number of rotatable bonds is 6. The summed E-state index contributed by atoms with van der Waals surface area (Å²) in [5.41, 5.74) is 4.33. The van der Waals surface area contributed by atoms with Crippen molar-refractivity contribution in [3.8, 4) is 0 Å². The highest BCUT2D eigenvalue weighted by Gasteiger charge is 2.26. The minimum Gasteiger partial charge on any atom is -0.467 e. The lowest BCUT2D eigenvalue weighted by Crippen LogP contribution is -2.31. The van der Waals surface area contributed by atoms with E-state index in [2.05, 4.69) is 24.1 Å². The van der Waals surface area contributed by atoms with E-state index < -0.39 is 0 Å². The number of carbonyl (C=O) groups is 1. The normalized spacial score (nSPS) is 13.4. The van der Waals surface area contributed by atoms with Crippen molar-refractivity contribution in [1.82, 2.24) is 19.9 Å². The van der Waals surface area contributed by atoms with Crippen LogP contribution >= 0.6 is 0 Å². The summed E-state index contributed by atoms with van der Waals surface area (Å²) in [6.07, 6.45) is 6.84. The zero-order chi connectivity index (χ0) is 21.5. The van der Waals surface area contributed by atoms with Gasteiger partial charge in [0.25, 0.3) is 5.56 Å². The molecule has 0 radical (unpaired) electrons. The Hall–Kier alpha value is -3.42. The van der Waals surface area contributed by atoms with Gasteiger partial charge in [0.2, 0.25) is 17.2 Å². The highest BCUT2D eigenvalue weighted by Crippen LogP contribution is 2.36. The van der Waals surface area contributed by atoms with E-state index in [-0.39, 0.29) is 30.1 Å². The Balaban J connectivity index is 1.50. The number of aryl methyl sites for hydroxylation is 1. The van der Waals surface area contributed by atoms with E-state index in [1.807, 2.05) is 0 Å². The van der Waals surface area contributed by atoms with E-state index in [1.165, 1.54) is 22.0 Å². The van der Waals surface area contributed by atoms with Gasteiger partial charge in [0.1, 0.15) is 17.8 Å². The minimum absolute atomic E-state index is 0.149. The van der Waals surface area contributed by atoms with Crippen LogP contribution < -0.4 is 10.9 Å². The zero-order valence-electron chi connectivity index (χ0n) is 17.6. The third-order valence-corrected chi connectivity index (χ3v) is 5.71. The van der Waals surface area contributed by atoms with Gasteiger partial charge in [-0.25, -0.2) is 9.97 Å². The molecule has 0 saturated carbocycles. The van der Waals surface area contributed by atoms with Crippen LogP contribution in [0.4, 0.5) is 0 Å². The molecule has 1 amide bonds. The van der Waals surface area contributed by atoms with Crippen LogP contribution in [0, 0.1) is 5.92 Å². The average Bonchev–Trinajstić information content (AvgIpc) is 3.47. The topological polar surface area (TPSA) is 103 Å². The van der Waals surface area contributed by atoms with Crippen LogP contribution in [0.2, 0.25) is 0 Å². The number of amides is 1. The van der Waals surface area contributed by atoms with E-state index >= 15 is 0 Å². The van der Waals surface area contributed by atoms with Crippen LogP contribution in [0.5, 0.6) is 0 Å². The summed E-state index contributed by atoms with van der Waals surface area (Å²) in [6, 6.07) is 3.52. The summed E-state index contributed by atoms with van der Waals surface area (Å²) in [5, 5.41) is 3.58. The van der Waals surface area contributed by atoms with Crippen molar-refractivity contribution in [3.05, 3.63) is 57.7 Å². The first-order valence-corrected chi connectivity index (χ1v) is 10.6. The predicted molar refractivity (Wildman–Crippen MR) is 115 cm³/mol. The van der Waals surface area contributed by atoms with Crippen LogP contribution in [0.15, 0.2) is 38.4 Å². The first-order valence-electron chi connectivity index (χ1n) is 10.6. The van der Waals surface area contributed by atoms with Gasteiger partial charge in [0.05, 0.1) is 24.5 Å². The molecule has 1 N–H and O–H groups in total. The van der Waals surface area contributed by atoms with E-state index in [0.717, 1.165) is 36.8 Å². The molecule has 8 heteroatoms. The Labute approximate surface area is 178 Å². The molecule has 4 aromatic rings. The van der Waals surface area contributed by atoms with Gasteiger partial charge in [-0.1, -0.05) is 13.8 Å². The third-order valence-electron chi connectivity index (χ3n) is 5.71. The monoisotopic (exact) mass is 420 g/mol. The van der Waals surface area contributed by atoms with Crippen molar-refractivity contribution in [2.24, 2.45) is 5.92 Å². The second-order valence-corrected chi connectivity index (χ2v) is 8.46. The number of furan rings is 2. The number of nitrogens with zero attached hydrogens (tertiary/aromatic N) is 3. The molecule has 160 valence electrons. The quantitative estimate of drug-likeness (QED) is 0.514. The molecule has 4 heterocycles. The molecule has 0 atom stereocenters. The molecule has 0 unspecified atom stereocenters. The molecule has 0 bridgehead atoms. The van der Waals surface area contributed by atoms with Crippen molar-refractivity contribution in [1.29, 1.82) is 0 Å². The molecular formula is C23H24N4O4. The Bertz CT molecular complexity index is 1330. The predicted octanol–water partition coefficient (Wildman–Crippen LogP) is 3.13. The van der Waals surface area contributed by atoms with Gasteiger partial charge in [-0.2, -0.15) is 0 Å². The van der Waals surface area contributed by atoms with Crippen molar-refractivity contribution >= 4 is 28.1 Å². The fourth-order valence-corrected chi connectivity index (χ4v) is 4.35. The van der Waals surface area contributed by atoms with Gasteiger partial charge >= 0.3 is 0 Å². The van der Waals surface area contributed by atoms with Crippen LogP contribution in [0.25, 0.3) is 22.2 Å². The molecule has 31 heavy (non-hydrogen) atoms. The minimum atomic E-state index is -0.381. The van der Waals surface area contributed by atoms with Crippen molar-refractivity contribution in [3.63, 3.8) is 0 Å². The first-order chi connectivity index (χ1) is 15.0. The van der Waals surface area contributed by atoms with Gasteiger partial charge in [-0.3, -0.25) is 14.2 Å². The smallest absolute Gasteiger partial charge is 0.297 e. The van der Waals surface area contributed by atoms with E-state index in [4.69, 9.17) is 13.8 Å². The Morgan fingerprint density at radius 3 is 2.90 bits per heavy atom. The summed E-state index contributed by atoms with van der Waals surface area (Å²) in [6.45, 7) is 4.45. The largest absolute Gasteiger partial charge is 0.467 e. The summed E-state index contributed by atoms with van der Waals surface area (Å²) in [7, 11) is 0. The molecule has 1 aliphatic carbocycles. The standard InChI is InChI=1S/C23H24N4O4/c1-13(2)9-17-15-6-3-7-16(15)19-20-21(31-22(19)26-17)23(29)27(12-25-20)11-18(28)24-10-14-5-4-8-30-14/h4-5,8,12-13H,3,6-7,9-11H2,1-2H3,(H,24,28). The highest BCUT2D eigenvalue weighted by atomic mass is 16.3.